The number of hydrogen-bond acceptors (Lipinski definition) is 5. The van der Waals surface area contributed by atoms with Crippen molar-refractivity contribution in [2.24, 2.45) is 0 Å². The minimum Gasteiger partial charge on any atom is -0.508 e. The molecule has 1 aliphatic heterocycles. The highest BCUT2D eigenvalue weighted by Crippen LogP contribution is 2.44. The minimum atomic E-state index is -1.04. The van der Waals surface area contributed by atoms with Gasteiger partial charge in [-0.1, -0.05) is 46.9 Å². The molecule has 3 aromatic rings. The summed E-state index contributed by atoms with van der Waals surface area (Å²) >= 11 is 18.4. The number of carbonyl (C=O) groups is 2. The molecule has 6 nitrogen and oxygen atoms in total. The molecule has 9 heteroatoms. The molecule has 1 fully saturated rings. The van der Waals surface area contributed by atoms with E-state index in [2.05, 4.69) is 0 Å². The van der Waals surface area contributed by atoms with Crippen LogP contribution in [0.1, 0.15) is 17.2 Å². The lowest BCUT2D eigenvalue weighted by Crippen LogP contribution is -2.29. The molecule has 33 heavy (non-hydrogen) atoms. The fourth-order valence-electron chi connectivity index (χ4n) is 3.76. The van der Waals surface area contributed by atoms with Crippen LogP contribution in [-0.4, -0.2) is 29.0 Å². The van der Waals surface area contributed by atoms with Crippen molar-refractivity contribution < 1.29 is 24.5 Å². The Balaban J connectivity index is 2.00. The molecule has 0 radical (unpaired) electrons. The third-order valence-corrected chi connectivity index (χ3v) is 5.87. The van der Waals surface area contributed by atoms with Crippen LogP contribution in [0.25, 0.3) is 5.76 Å². The molecule has 0 aromatic heterocycles. The van der Waals surface area contributed by atoms with E-state index in [0.717, 1.165) is 0 Å². The van der Waals surface area contributed by atoms with Gasteiger partial charge in [0.2, 0.25) is 0 Å². The Labute approximate surface area is 204 Å². The van der Waals surface area contributed by atoms with E-state index in [1.165, 1.54) is 48.4 Å². The van der Waals surface area contributed by atoms with Crippen LogP contribution in [0.15, 0.2) is 66.2 Å². The van der Waals surface area contributed by atoms with Crippen molar-refractivity contribution in [2.75, 3.05) is 12.0 Å². The molecule has 1 atom stereocenters. The second-order valence-corrected chi connectivity index (χ2v) is 8.54. The molecule has 0 bridgehead atoms. The summed E-state index contributed by atoms with van der Waals surface area (Å²) in [7, 11) is 1.41. The Morgan fingerprint density at radius 1 is 0.909 bits per heavy atom. The van der Waals surface area contributed by atoms with Crippen LogP contribution in [-0.2, 0) is 9.59 Å². The molecule has 0 spiro atoms. The Morgan fingerprint density at radius 3 is 2.15 bits per heavy atom. The number of hydrogen-bond donors (Lipinski definition) is 2. The summed E-state index contributed by atoms with van der Waals surface area (Å²) in [5.41, 5.74) is 0.702. The number of rotatable bonds is 4. The van der Waals surface area contributed by atoms with Gasteiger partial charge in [0, 0.05) is 20.8 Å². The number of amides is 1. The van der Waals surface area contributed by atoms with Crippen molar-refractivity contribution in [3.8, 4) is 11.5 Å². The number of carbonyl (C=O) groups excluding carboxylic acids is 2. The first-order valence-corrected chi connectivity index (χ1v) is 10.7. The molecular formula is C24H16Cl3NO5. The molecule has 2 N–H and O–H groups in total. The summed E-state index contributed by atoms with van der Waals surface area (Å²) in [5.74, 6) is -1.99. The second-order valence-electron chi connectivity index (χ2n) is 7.23. The summed E-state index contributed by atoms with van der Waals surface area (Å²) in [6.07, 6.45) is 0. The fraction of sp³-hybridized carbons (Fsp3) is 0.0833. The van der Waals surface area contributed by atoms with Gasteiger partial charge in [-0.25, -0.2) is 0 Å². The predicted octanol–water partition coefficient (Wildman–Crippen LogP) is 5.99. The van der Waals surface area contributed by atoms with Crippen molar-refractivity contribution in [3.05, 3.63) is 92.4 Å². The smallest absolute Gasteiger partial charge is 0.300 e. The number of phenols is 1. The zero-order valence-corrected chi connectivity index (χ0v) is 19.3. The lowest BCUT2D eigenvalue weighted by molar-refractivity contribution is -0.132. The van der Waals surface area contributed by atoms with Gasteiger partial charge in [-0.3, -0.25) is 14.5 Å². The van der Waals surface area contributed by atoms with E-state index in [9.17, 15) is 19.8 Å². The van der Waals surface area contributed by atoms with Gasteiger partial charge in [-0.05, 0) is 54.1 Å². The maximum Gasteiger partial charge on any atom is 0.300 e. The number of methoxy groups -OCH3 is 1. The molecule has 1 unspecified atom stereocenters. The highest BCUT2D eigenvalue weighted by molar-refractivity contribution is 6.52. The first-order valence-electron chi connectivity index (χ1n) is 9.61. The van der Waals surface area contributed by atoms with Gasteiger partial charge in [-0.15, -0.1) is 0 Å². The second kappa shape index (κ2) is 8.98. The maximum atomic E-state index is 13.2. The van der Waals surface area contributed by atoms with E-state index >= 15 is 0 Å². The largest absolute Gasteiger partial charge is 0.508 e. The van der Waals surface area contributed by atoms with E-state index in [0.29, 0.717) is 10.6 Å². The molecule has 1 aliphatic rings. The fourth-order valence-corrected chi connectivity index (χ4v) is 4.45. The van der Waals surface area contributed by atoms with Crippen LogP contribution in [0.2, 0.25) is 15.1 Å². The van der Waals surface area contributed by atoms with Crippen LogP contribution in [0.4, 0.5) is 5.69 Å². The molecule has 4 rings (SSSR count). The Morgan fingerprint density at radius 2 is 1.55 bits per heavy atom. The third-order valence-electron chi connectivity index (χ3n) is 5.20. The number of ketones is 1. The van der Waals surface area contributed by atoms with Crippen molar-refractivity contribution in [2.45, 2.75) is 6.04 Å². The normalized spacial score (nSPS) is 17.5. The van der Waals surface area contributed by atoms with Crippen molar-refractivity contribution >= 4 is 57.9 Å². The van der Waals surface area contributed by atoms with Crippen LogP contribution in [0.3, 0.4) is 0 Å². The molecule has 1 amide bonds. The number of ether oxygens (including phenoxy) is 1. The summed E-state index contributed by atoms with van der Waals surface area (Å²) in [4.78, 5) is 27.6. The number of halogens is 3. The number of nitrogens with zero attached hydrogens (tertiary/aromatic N) is 1. The van der Waals surface area contributed by atoms with Gasteiger partial charge < -0.3 is 14.9 Å². The average molecular weight is 505 g/mol. The van der Waals surface area contributed by atoms with E-state index in [1.807, 2.05) is 0 Å². The first-order chi connectivity index (χ1) is 15.7. The summed E-state index contributed by atoms with van der Waals surface area (Å²) in [6.45, 7) is 0. The quantitative estimate of drug-likeness (QED) is 0.259. The number of phenolic OH excluding ortho intramolecular Hbond substituents is 1. The van der Waals surface area contributed by atoms with Crippen LogP contribution >= 0.6 is 34.8 Å². The van der Waals surface area contributed by atoms with Crippen LogP contribution in [0.5, 0.6) is 11.5 Å². The highest BCUT2D eigenvalue weighted by Gasteiger charge is 2.47. The van der Waals surface area contributed by atoms with Gasteiger partial charge in [0.1, 0.15) is 17.3 Å². The molecule has 1 saturated heterocycles. The first kappa shape index (κ1) is 23.0. The zero-order valence-electron chi connectivity index (χ0n) is 17.1. The van der Waals surface area contributed by atoms with Crippen molar-refractivity contribution in [1.82, 2.24) is 0 Å². The number of benzene rings is 3. The number of Topliss-reactive ketones (excluding diaryl/α,β-unsaturated/α-hetero) is 1. The number of aliphatic hydroxyl groups excluding tert-OH is 1. The van der Waals surface area contributed by atoms with Crippen LogP contribution < -0.4 is 9.64 Å². The van der Waals surface area contributed by atoms with Gasteiger partial charge in [0.15, 0.2) is 0 Å². The Hall–Kier alpha value is -3.19. The maximum absolute atomic E-state index is 13.2. The topological polar surface area (TPSA) is 87.1 Å². The average Bonchev–Trinajstić information content (AvgIpc) is 3.03. The van der Waals surface area contributed by atoms with Gasteiger partial charge in [0.05, 0.1) is 24.3 Å². The monoisotopic (exact) mass is 503 g/mol. The summed E-state index contributed by atoms with van der Waals surface area (Å²) < 4.78 is 5.31. The number of anilines is 1. The van der Waals surface area contributed by atoms with Crippen LogP contribution in [0, 0.1) is 0 Å². The highest BCUT2D eigenvalue weighted by atomic mass is 35.5. The summed E-state index contributed by atoms with van der Waals surface area (Å²) in [5, 5.41) is 21.8. The number of aliphatic hydroxyl groups is 1. The SMILES string of the molecule is COc1ccc(Cl)cc1/C(O)=C1\C(=O)C(=O)N(c2cc(Cl)cc(Cl)c2)C1c1ccc(O)cc1. The van der Waals surface area contributed by atoms with Gasteiger partial charge >= 0.3 is 0 Å². The lowest BCUT2D eigenvalue weighted by Gasteiger charge is -2.26. The van der Waals surface area contributed by atoms with E-state index in [-0.39, 0.29) is 38.4 Å². The molecule has 1 heterocycles. The lowest BCUT2D eigenvalue weighted by atomic mass is 9.94. The van der Waals surface area contributed by atoms with Gasteiger partial charge in [0.25, 0.3) is 11.7 Å². The molecule has 0 saturated carbocycles. The minimum absolute atomic E-state index is 0.00184. The molecule has 168 valence electrons. The Kier molecular flexibility index (Phi) is 6.26. The van der Waals surface area contributed by atoms with Crippen molar-refractivity contribution in [3.63, 3.8) is 0 Å². The van der Waals surface area contributed by atoms with E-state index < -0.39 is 23.5 Å². The summed E-state index contributed by atoms with van der Waals surface area (Å²) in [6, 6.07) is 13.9. The van der Waals surface area contributed by atoms with Gasteiger partial charge in [-0.2, -0.15) is 0 Å². The zero-order chi connectivity index (χ0) is 23.9. The third kappa shape index (κ3) is 4.25. The standard InChI is InChI=1S/C24H16Cl3NO5/c1-33-19-7-4-13(25)11-18(19)22(30)20-21(12-2-5-17(29)6-3-12)28(24(32)23(20)31)16-9-14(26)8-15(27)10-16/h2-11,21,29-30H,1H3/b22-20+. The predicted molar refractivity (Wildman–Crippen MR) is 127 cm³/mol. The van der Waals surface area contributed by atoms with Crippen molar-refractivity contribution in [1.29, 1.82) is 0 Å². The van der Waals surface area contributed by atoms with E-state index in [4.69, 9.17) is 39.5 Å². The molecule has 0 aliphatic carbocycles. The molecule has 3 aromatic carbocycles. The molecular weight excluding hydrogens is 489 g/mol. The van der Waals surface area contributed by atoms with E-state index in [1.54, 1.807) is 24.3 Å². The Bertz CT molecular complexity index is 1280. The number of aromatic hydroxyl groups is 1.